The summed E-state index contributed by atoms with van der Waals surface area (Å²) in [6.45, 7) is 6.98. The molecular formula is C28H39N5O3. The van der Waals surface area contributed by atoms with E-state index in [1.807, 2.05) is 47.5 Å². The third kappa shape index (κ3) is 5.81. The van der Waals surface area contributed by atoms with Gasteiger partial charge in [0.05, 0.1) is 19.1 Å². The van der Waals surface area contributed by atoms with E-state index in [4.69, 9.17) is 4.74 Å². The minimum absolute atomic E-state index is 0.0342. The van der Waals surface area contributed by atoms with E-state index in [1.165, 1.54) is 0 Å². The van der Waals surface area contributed by atoms with E-state index in [0.29, 0.717) is 31.7 Å². The number of para-hydroxylation sites is 1. The molecule has 2 unspecified atom stereocenters. The van der Waals surface area contributed by atoms with Crippen LogP contribution in [0.3, 0.4) is 0 Å². The Bertz CT molecular complexity index is 1040. The molecule has 0 saturated carbocycles. The Balaban J connectivity index is 1.55. The van der Waals surface area contributed by atoms with Gasteiger partial charge in [0.15, 0.2) is 0 Å². The average Bonchev–Trinajstić information content (AvgIpc) is 2.91. The van der Waals surface area contributed by atoms with Crippen molar-refractivity contribution in [2.45, 2.75) is 45.2 Å². The molecule has 2 fully saturated rings. The number of methoxy groups -OCH3 is 1. The number of piperazine rings is 1. The van der Waals surface area contributed by atoms with Gasteiger partial charge >= 0.3 is 0 Å². The summed E-state index contributed by atoms with van der Waals surface area (Å²) in [4.78, 5) is 37.8. The maximum atomic E-state index is 13.7. The number of carbonyl (C=O) groups is 2. The van der Waals surface area contributed by atoms with Crippen molar-refractivity contribution in [1.82, 2.24) is 20.1 Å². The number of aromatic nitrogens is 1. The number of benzene rings is 1. The number of ether oxygens (including phenoxy) is 1. The third-order valence-corrected chi connectivity index (χ3v) is 7.38. The minimum atomic E-state index is -0.348. The fraction of sp³-hybridized carbons (Fsp3) is 0.536. The molecule has 4 rings (SSSR count). The summed E-state index contributed by atoms with van der Waals surface area (Å²) in [5.74, 6) is 1.37. The summed E-state index contributed by atoms with van der Waals surface area (Å²) in [5.41, 5.74) is 1.91. The Kier molecular flexibility index (Phi) is 8.80. The van der Waals surface area contributed by atoms with Gasteiger partial charge in [-0.15, -0.1) is 0 Å². The number of nitrogens with one attached hydrogen (secondary N) is 1. The van der Waals surface area contributed by atoms with Crippen LogP contribution in [-0.2, 0) is 16.1 Å². The molecule has 194 valence electrons. The molecule has 2 aliphatic rings. The van der Waals surface area contributed by atoms with Crippen LogP contribution in [0, 0.1) is 5.92 Å². The second kappa shape index (κ2) is 12.2. The third-order valence-electron chi connectivity index (χ3n) is 7.38. The normalized spacial score (nSPS) is 20.9. The molecule has 3 heterocycles. The number of amides is 2. The first-order valence-corrected chi connectivity index (χ1v) is 13.1. The van der Waals surface area contributed by atoms with Gasteiger partial charge in [0.2, 0.25) is 11.8 Å². The predicted molar refractivity (Wildman–Crippen MR) is 141 cm³/mol. The lowest BCUT2D eigenvalue weighted by Crippen LogP contribution is -2.48. The van der Waals surface area contributed by atoms with Crippen molar-refractivity contribution in [3.8, 4) is 5.75 Å². The Morgan fingerprint density at radius 1 is 1.14 bits per heavy atom. The second-order valence-electron chi connectivity index (χ2n) is 9.77. The van der Waals surface area contributed by atoms with Crippen LogP contribution in [0.2, 0.25) is 0 Å². The SMILES string of the molecule is CCCCN1C(=O)CCC(C(=O)NCc2cccnc2N2CCN(C)CC2)C1c1ccccc1OC. The zero-order valence-electron chi connectivity index (χ0n) is 21.8. The molecule has 8 nitrogen and oxygen atoms in total. The number of anilines is 1. The molecule has 2 aliphatic heterocycles. The summed E-state index contributed by atoms with van der Waals surface area (Å²) in [7, 11) is 3.77. The summed E-state index contributed by atoms with van der Waals surface area (Å²) in [6, 6.07) is 11.4. The topological polar surface area (TPSA) is 78.0 Å². The van der Waals surface area contributed by atoms with Crippen molar-refractivity contribution in [2.75, 3.05) is 51.8 Å². The Labute approximate surface area is 214 Å². The first-order valence-electron chi connectivity index (χ1n) is 13.1. The molecule has 0 aliphatic carbocycles. The van der Waals surface area contributed by atoms with Crippen molar-refractivity contribution < 1.29 is 14.3 Å². The zero-order valence-corrected chi connectivity index (χ0v) is 21.8. The number of piperidine rings is 1. The van der Waals surface area contributed by atoms with Crippen LogP contribution in [0.25, 0.3) is 0 Å². The lowest BCUT2D eigenvalue weighted by atomic mass is 9.83. The average molecular weight is 494 g/mol. The van der Waals surface area contributed by atoms with E-state index >= 15 is 0 Å². The molecule has 0 bridgehead atoms. The van der Waals surface area contributed by atoms with E-state index < -0.39 is 0 Å². The molecule has 8 heteroatoms. The lowest BCUT2D eigenvalue weighted by Gasteiger charge is -2.41. The Morgan fingerprint density at radius 3 is 2.67 bits per heavy atom. The van der Waals surface area contributed by atoms with Gasteiger partial charge in [-0.1, -0.05) is 37.6 Å². The number of likely N-dealkylation sites (tertiary alicyclic amines) is 1. The van der Waals surface area contributed by atoms with Gasteiger partial charge < -0.3 is 24.8 Å². The molecule has 2 atom stereocenters. The summed E-state index contributed by atoms with van der Waals surface area (Å²) in [5, 5.41) is 3.19. The highest BCUT2D eigenvalue weighted by atomic mass is 16.5. The number of rotatable bonds is 9. The van der Waals surface area contributed by atoms with Crippen molar-refractivity contribution >= 4 is 17.6 Å². The number of likely N-dealkylation sites (N-methyl/N-ethyl adjacent to an activating group) is 1. The van der Waals surface area contributed by atoms with Crippen molar-refractivity contribution in [3.05, 3.63) is 53.7 Å². The highest BCUT2D eigenvalue weighted by molar-refractivity contribution is 5.85. The Hall–Kier alpha value is -3.13. The van der Waals surface area contributed by atoms with Gasteiger partial charge in [-0.3, -0.25) is 9.59 Å². The molecule has 2 amide bonds. The lowest BCUT2D eigenvalue weighted by molar-refractivity contribution is -0.143. The number of pyridine rings is 1. The number of carbonyl (C=O) groups excluding carboxylic acids is 2. The fourth-order valence-corrected chi connectivity index (χ4v) is 5.30. The van der Waals surface area contributed by atoms with Gasteiger partial charge in [-0.05, 0) is 32.0 Å². The first kappa shape index (κ1) is 25.9. The van der Waals surface area contributed by atoms with E-state index in [0.717, 1.165) is 56.0 Å². The van der Waals surface area contributed by atoms with Crippen LogP contribution in [-0.4, -0.2) is 73.5 Å². The molecule has 0 spiro atoms. The number of unbranched alkanes of at least 4 members (excludes halogenated alkanes) is 1. The van der Waals surface area contributed by atoms with Crippen molar-refractivity contribution in [2.24, 2.45) is 5.92 Å². The van der Waals surface area contributed by atoms with E-state index in [2.05, 4.69) is 34.1 Å². The standard InChI is InChI=1S/C28H39N5O3/c1-4-5-15-33-25(34)13-12-23(26(33)22-10-6-7-11-24(22)36-3)28(35)30-20-21-9-8-14-29-27(21)32-18-16-31(2)17-19-32/h6-11,14,23,26H,4-5,12-13,15-20H2,1-3H3,(H,30,35). The molecule has 1 aromatic heterocycles. The molecule has 2 saturated heterocycles. The zero-order chi connectivity index (χ0) is 25.5. The summed E-state index contributed by atoms with van der Waals surface area (Å²) < 4.78 is 5.65. The number of hydrogen-bond donors (Lipinski definition) is 1. The van der Waals surface area contributed by atoms with E-state index in [9.17, 15) is 9.59 Å². The molecule has 0 radical (unpaired) electrons. The van der Waals surface area contributed by atoms with E-state index in [-0.39, 0.29) is 23.8 Å². The number of hydrogen-bond acceptors (Lipinski definition) is 6. The van der Waals surface area contributed by atoms with Crippen LogP contribution < -0.4 is 15.0 Å². The second-order valence-corrected chi connectivity index (χ2v) is 9.77. The molecule has 36 heavy (non-hydrogen) atoms. The van der Waals surface area contributed by atoms with Crippen molar-refractivity contribution in [3.63, 3.8) is 0 Å². The highest BCUT2D eigenvalue weighted by Gasteiger charge is 2.41. The summed E-state index contributed by atoms with van der Waals surface area (Å²) in [6.07, 6.45) is 4.60. The molecular weight excluding hydrogens is 454 g/mol. The largest absolute Gasteiger partial charge is 0.496 e. The number of nitrogens with zero attached hydrogens (tertiary/aromatic N) is 4. The van der Waals surface area contributed by atoms with Gasteiger partial charge in [0, 0.05) is 63.0 Å². The van der Waals surface area contributed by atoms with Gasteiger partial charge in [-0.25, -0.2) is 4.98 Å². The fourth-order valence-electron chi connectivity index (χ4n) is 5.30. The van der Waals surface area contributed by atoms with Crippen LogP contribution in [0.4, 0.5) is 5.82 Å². The maximum Gasteiger partial charge on any atom is 0.225 e. The monoisotopic (exact) mass is 493 g/mol. The van der Waals surface area contributed by atoms with Crippen LogP contribution in [0.5, 0.6) is 5.75 Å². The van der Waals surface area contributed by atoms with E-state index in [1.54, 1.807) is 7.11 Å². The maximum absolute atomic E-state index is 13.7. The first-order chi connectivity index (χ1) is 17.5. The van der Waals surface area contributed by atoms with Crippen LogP contribution in [0.1, 0.15) is 49.8 Å². The van der Waals surface area contributed by atoms with Gasteiger partial charge in [0.25, 0.3) is 0 Å². The van der Waals surface area contributed by atoms with Crippen LogP contribution in [0.15, 0.2) is 42.6 Å². The molecule has 1 N–H and O–H groups in total. The molecule has 1 aromatic carbocycles. The minimum Gasteiger partial charge on any atom is -0.496 e. The van der Waals surface area contributed by atoms with Gasteiger partial charge in [0.1, 0.15) is 11.6 Å². The van der Waals surface area contributed by atoms with Gasteiger partial charge in [-0.2, -0.15) is 0 Å². The van der Waals surface area contributed by atoms with Crippen molar-refractivity contribution in [1.29, 1.82) is 0 Å². The highest BCUT2D eigenvalue weighted by Crippen LogP contribution is 2.41. The quantitative estimate of drug-likeness (QED) is 0.578. The van der Waals surface area contributed by atoms with Crippen LogP contribution >= 0.6 is 0 Å². The Morgan fingerprint density at radius 2 is 1.92 bits per heavy atom. The molecule has 2 aromatic rings. The predicted octanol–water partition coefficient (Wildman–Crippen LogP) is 3.24. The summed E-state index contributed by atoms with van der Waals surface area (Å²) >= 11 is 0. The smallest absolute Gasteiger partial charge is 0.225 e.